The molecule has 0 saturated carbocycles. The first-order chi connectivity index (χ1) is 14.3. The van der Waals surface area contributed by atoms with Crippen LogP contribution in [0.4, 0.5) is 4.39 Å². The van der Waals surface area contributed by atoms with Crippen molar-refractivity contribution in [2.45, 2.75) is 5.92 Å². The molecule has 1 aliphatic heterocycles. The van der Waals surface area contributed by atoms with E-state index < -0.39 is 0 Å². The van der Waals surface area contributed by atoms with Crippen LogP contribution in [0, 0.1) is 5.82 Å². The lowest BCUT2D eigenvalue weighted by Gasteiger charge is -2.31. The first-order valence-electron chi connectivity index (χ1n) is 9.76. The number of ether oxygens (including phenoxy) is 1. The molecule has 2 heteroatoms. The number of hydrogen-bond acceptors (Lipinski definition) is 1. The predicted octanol–water partition coefficient (Wildman–Crippen LogP) is 7.42. The molecule has 0 amide bonds. The Hall–Kier alpha value is -3.65. The lowest BCUT2D eigenvalue weighted by molar-refractivity contribution is 0.456. The summed E-state index contributed by atoms with van der Waals surface area (Å²) in [6.07, 6.45) is 0. The van der Waals surface area contributed by atoms with Crippen LogP contribution in [-0.2, 0) is 0 Å². The molecule has 0 aliphatic carbocycles. The maximum atomic E-state index is 13.7. The Labute approximate surface area is 168 Å². The van der Waals surface area contributed by atoms with Crippen molar-refractivity contribution in [1.29, 1.82) is 0 Å². The summed E-state index contributed by atoms with van der Waals surface area (Å²) in [5.74, 6) is 1.46. The van der Waals surface area contributed by atoms with E-state index in [0.29, 0.717) is 0 Å². The van der Waals surface area contributed by atoms with Gasteiger partial charge >= 0.3 is 0 Å². The number of benzene rings is 5. The Kier molecular flexibility index (Phi) is 3.48. The maximum Gasteiger partial charge on any atom is 0.132 e. The monoisotopic (exact) mass is 376 g/mol. The third-order valence-electron chi connectivity index (χ3n) is 5.86. The van der Waals surface area contributed by atoms with Crippen LogP contribution in [0.15, 0.2) is 97.1 Å². The van der Waals surface area contributed by atoms with Crippen LogP contribution >= 0.6 is 0 Å². The highest BCUT2D eigenvalue weighted by Gasteiger charge is 2.31. The normalized spacial score (nSPS) is 13.1. The number of hydrogen-bond donors (Lipinski definition) is 0. The van der Waals surface area contributed by atoms with E-state index in [-0.39, 0.29) is 11.7 Å². The molecule has 0 spiro atoms. The fraction of sp³-hybridized carbons (Fsp3) is 0.0370. The number of halogens is 1. The summed E-state index contributed by atoms with van der Waals surface area (Å²) in [5, 5.41) is 4.67. The van der Waals surface area contributed by atoms with Crippen LogP contribution in [0.3, 0.4) is 0 Å². The van der Waals surface area contributed by atoms with Gasteiger partial charge in [-0.3, -0.25) is 0 Å². The van der Waals surface area contributed by atoms with E-state index >= 15 is 0 Å². The zero-order valence-corrected chi connectivity index (χ0v) is 15.6. The van der Waals surface area contributed by atoms with Crippen molar-refractivity contribution in [2.24, 2.45) is 0 Å². The molecule has 6 rings (SSSR count). The second kappa shape index (κ2) is 6.18. The first-order valence-corrected chi connectivity index (χ1v) is 9.76. The van der Waals surface area contributed by atoms with E-state index in [1.54, 1.807) is 12.1 Å². The predicted molar refractivity (Wildman–Crippen MR) is 115 cm³/mol. The fourth-order valence-electron chi connectivity index (χ4n) is 4.58. The Morgan fingerprint density at radius 2 is 1.07 bits per heavy atom. The average Bonchev–Trinajstić information content (AvgIpc) is 2.78. The lowest BCUT2D eigenvalue weighted by Crippen LogP contribution is -2.13. The van der Waals surface area contributed by atoms with Gasteiger partial charge in [0.15, 0.2) is 0 Å². The summed E-state index contributed by atoms with van der Waals surface area (Å²) >= 11 is 0. The lowest BCUT2D eigenvalue weighted by atomic mass is 9.78. The minimum atomic E-state index is -0.225. The molecule has 0 unspecified atom stereocenters. The van der Waals surface area contributed by atoms with E-state index in [2.05, 4.69) is 60.7 Å². The Morgan fingerprint density at radius 3 is 1.62 bits per heavy atom. The quantitative estimate of drug-likeness (QED) is 0.290. The van der Waals surface area contributed by atoms with E-state index in [0.717, 1.165) is 39.0 Å². The molecular formula is C27H17FO. The zero-order chi connectivity index (χ0) is 19.4. The summed E-state index contributed by atoms with van der Waals surface area (Å²) in [6, 6.07) is 31.9. The van der Waals surface area contributed by atoms with Crippen LogP contribution in [0.1, 0.15) is 22.6 Å². The molecular weight excluding hydrogens is 359 g/mol. The average molecular weight is 376 g/mol. The highest BCUT2D eigenvalue weighted by molar-refractivity contribution is 5.95. The molecule has 138 valence electrons. The third kappa shape index (κ3) is 2.46. The molecule has 0 fully saturated rings. The molecule has 0 aromatic heterocycles. The molecule has 29 heavy (non-hydrogen) atoms. The summed E-state index contributed by atoms with van der Waals surface area (Å²) in [7, 11) is 0. The van der Waals surface area contributed by atoms with Gasteiger partial charge in [-0.05, 0) is 51.4 Å². The maximum absolute atomic E-state index is 13.7. The van der Waals surface area contributed by atoms with Crippen molar-refractivity contribution < 1.29 is 9.13 Å². The van der Waals surface area contributed by atoms with Gasteiger partial charge < -0.3 is 4.74 Å². The van der Waals surface area contributed by atoms with Gasteiger partial charge in [-0.15, -0.1) is 0 Å². The van der Waals surface area contributed by atoms with Crippen molar-refractivity contribution in [3.05, 3.63) is 120 Å². The topological polar surface area (TPSA) is 9.23 Å². The zero-order valence-electron chi connectivity index (χ0n) is 15.6. The third-order valence-corrected chi connectivity index (χ3v) is 5.86. The highest BCUT2D eigenvalue weighted by atomic mass is 19.1. The largest absolute Gasteiger partial charge is 0.457 e. The molecule has 1 heterocycles. The number of rotatable bonds is 1. The first kappa shape index (κ1) is 16.3. The van der Waals surface area contributed by atoms with E-state index in [4.69, 9.17) is 4.74 Å². The molecule has 0 saturated heterocycles. The van der Waals surface area contributed by atoms with Crippen molar-refractivity contribution in [3.8, 4) is 11.5 Å². The van der Waals surface area contributed by atoms with Gasteiger partial charge in [0.1, 0.15) is 17.3 Å². The second-order valence-corrected chi connectivity index (χ2v) is 7.48. The molecule has 0 radical (unpaired) electrons. The van der Waals surface area contributed by atoms with Gasteiger partial charge in [-0.1, -0.05) is 72.8 Å². The molecule has 5 aromatic carbocycles. The fourth-order valence-corrected chi connectivity index (χ4v) is 4.58. The Bertz CT molecular complexity index is 1300. The van der Waals surface area contributed by atoms with Gasteiger partial charge in [-0.25, -0.2) is 4.39 Å². The molecule has 1 nitrogen and oxygen atoms in total. The SMILES string of the molecule is Fc1ccc(C2c3c(ccc4ccccc34)Oc3ccc4ccccc4c32)cc1. The Balaban J connectivity index is 1.75. The van der Waals surface area contributed by atoms with Crippen molar-refractivity contribution in [3.63, 3.8) is 0 Å². The van der Waals surface area contributed by atoms with Gasteiger partial charge in [0, 0.05) is 17.0 Å². The van der Waals surface area contributed by atoms with Crippen molar-refractivity contribution in [2.75, 3.05) is 0 Å². The standard InChI is InChI=1S/C27H17FO/c28-20-13-9-19(10-14-20)25-26-21-7-3-1-5-17(21)11-15-23(26)29-24-16-12-18-6-2-4-8-22(18)27(24)25/h1-16,25H. The van der Waals surface area contributed by atoms with Crippen LogP contribution < -0.4 is 4.74 Å². The summed E-state index contributed by atoms with van der Waals surface area (Å²) in [6.45, 7) is 0. The number of fused-ring (bicyclic) bond motifs is 6. The van der Waals surface area contributed by atoms with Gasteiger partial charge in [0.2, 0.25) is 0 Å². The minimum Gasteiger partial charge on any atom is -0.457 e. The van der Waals surface area contributed by atoms with E-state index in [9.17, 15) is 4.39 Å². The van der Waals surface area contributed by atoms with Crippen LogP contribution in [0.25, 0.3) is 21.5 Å². The minimum absolute atomic E-state index is 0.0356. The van der Waals surface area contributed by atoms with Gasteiger partial charge in [-0.2, -0.15) is 0 Å². The molecule has 0 atom stereocenters. The van der Waals surface area contributed by atoms with Crippen LogP contribution in [-0.4, -0.2) is 0 Å². The molecule has 1 aliphatic rings. The molecule has 0 bridgehead atoms. The van der Waals surface area contributed by atoms with Crippen molar-refractivity contribution in [1.82, 2.24) is 0 Å². The van der Waals surface area contributed by atoms with Crippen molar-refractivity contribution >= 4 is 21.5 Å². The van der Waals surface area contributed by atoms with E-state index in [1.807, 2.05) is 24.3 Å². The van der Waals surface area contributed by atoms with Gasteiger partial charge in [0.25, 0.3) is 0 Å². The van der Waals surface area contributed by atoms with E-state index in [1.165, 1.54) is 10.8 Å². The molecule has 0 N–H and O–H groups in total. The summed E-state index contributed by atoms with van der Waals surface area (Å²) in [5.41, 5.74) is 3.34. The van der Waals surface area contributed by atoms with Crippen LogP contribution in [0.5, 0.6) is 11.5 Å². The van der Waals surface area contributed by atoms with Gasteiger partial charge in [0.05, 0.1) is 0 Å². The summed E-state index contributed by atoms with van der Waals surface area (Å²) < 4.78 is 20.1. The summed E-state index contributed by atoms with van der Waals surface area (Å²) in [4.78, 5) is 0. The molecule has 5 aromatic rings. The smallest absolute Gasteiger partial charge is 0.132 e. The van der Waals surface area contributed by atoms with Crippen LogP contribution in [0.2, 0.25) is 0 Å². The Morgan fingerprint density at radius 1 is 0.552 bits per heavy atom. The second-order valence-electron chi connectivity index (χ2n) is 7.48. The highest BCUT2D eigenvalue weighted by Crippen LogP contribution is 2.51.